The van der Waals surface area contributed by atoms with E-state index in [9.17, 15) is 4.79 Å². The number of hydrogen-bond acceptors (Lipinski definition) is 4. The normalized spacial score (nSPS) is 13.4. The molecule has 0 saturated carbocycles. The fraction of sp³-hybridized carbons (Fsp3) is 0.562. The Morgan fingerprint density at radius 2 is 2.00 bits per heavy atom. The van der Waals surface area contributed by atoms with Crippen molar-refractivity contribution >= 4 is 5.91 Å². The van der Waals surface area contributed by atoms with Gasteiger partial charge in [0.05, 0.1) is 20.3 Å². The second kappa shape index (κ2) is 7.88. The molecular weight excluding hydrogens is 268 g/mol. The van der Waals surface area contributed by atoms with Crippen LogP contribution in [0.3, 0.4) is 0 Å². The highest BCUT2D eigenvalue weighted by atomic mass is 16.5. The summed E-state index contributed by atoms with van der Waals surface area (Å²) in [6, 6.07) is 5.15. The first kappa shape index (κ1) is 17.3. The molecule has 0 bridgehead atoms. The molecule has 0 aliphatic rings. The van der Waals surface area contributed by atoms with Crippen LogP contribution in [0.15, 0.2) is 18.2 Å². The van der Waals surface area contributed by atoms with E-state index < -0.39 is 6.04 Å². The summed E-state index contributed by atoms with van der Waals surface area (Å²) in [6.07, 6.45) is 0.878. The Labute approximate surface area is 127 Å². The third kappa shape index (κ3) is 4.11. The maximum Gasteiger partial charge on any atom is 0.239 e. The molecule has 0 spiro atoms. The van der Waals surface area contributed by atoms with Crippen LogP contribution in [-0.2, 0) is 11.3 Å². The minimum atomic E-state index is -0.475. The molecular formula is C16H26N2O3. The van der Waals surface area contributed by atoms with Gasteiger partial charge in [-0.1, -0.05) is 32.4 Å². The lowest BCUT2D eigenvalue weighted by molar-refractivity contribution is -0.133. The number of carbonyl (C=O) groups excluding carboxylic acids is 1. The molecule has 21 heavy (non-hydrogen) atoms. The SMILES string of the molecule is CCC(C)[C@H](N)C(=O)N(C)Cc1cccc(OC)c1OC. The highest BCUT2D eigenvalue weighted by Crippen LogP contribution is 2.31. The molecule has 1 aromatic rings. The smallest absolute Gasteiger partial charge is 0.239 e. The molecule has 2 atom stereocenters. The number of hydrogen-bond donors (Lipinski definition) is 1. The van der Waals surface area contributed by atoms with Crippen LogP contribution < -0.4 is 15.2 Å². The highest BCUT2D eigenvalue weighted by Gasteiger charge is 2.23. The summed E-state index contributed by atoms with van der Waals surface area (Å²) in [7, 11) is 4.94. The standard InChI is InChI=1S/C16H26N2O3/c1-6-11(2)14(17)16(19)18(3)10-12-8-7-9-13(20-4)15(12)21-5/h7-9,11,14H,6,10,17H2,1-5H3/t11?,14-/m0/s1. The van der Waals surface area contributed by atoms with Gasteiger partial charge in [-0.3, -0.25) is 4.79 Å². The first-order chi connectivity index (χ1) is 9.96. The Balaban J connectivity index is 2.88. The summed E-state index contributed by atoms with van der Waals surface area (Å²) in [5.74, 6) is 1.40. The van der Waals surface area contributed by atoms with Crippen LogP contribution in [0, 0.1) is 5.92 Å². The van der Waals surface area contributed by atoms with E-state index in [1.165, 1.54) is 0 Å². The highest BCUT2D eigenvalue weighted by molar-refractivity contribution is 5.81. The summed E-state index contributed by atoms with van der Waals surface area (Å²) in [5.41, 5.74) is 6.90. The third-order valence-electron chi connectivity index (χ3n) is 3.81. The molecule has 0 aromatic heterocycles. The molecule has 0 saturated heterocycles. The first-order valence-electron chi connectivity index (χ1n) is 7.16. The number of benzene rings is 1. The predicted molar refractivity (Wildman–Crippen MR) is 83.5 cm³/mol. The molecule has 1 unspecified atom stereocenters. The average Bonchev–Trinajstić information content (AvgIpc) is 2.51. The van der Waals surface area contributed by atoms with Gasteiger partial charge in [0.1, 0.15) is 0 Å². The first-order valence-corrected chi connectivity index (χ1v) is 7.16. The summed E-state index contributed by atoms with van der Waals surface area (Å²) in [4.78, 5) is 14.0. The van der Waals surface area contributed by atoms with E-state index in [0.717, 1.165) is 12.0 Å². The zero-order valence-corrected chi connectivity index (χ0v) is 13.6. The molecule has 118 valence electrons. The Hall–Kier alpha value is -1.75. The molecule has 1 aromatic carbocycles. The third-order valence-corrected chi connectivity index (χ3v) is 3.81. The van der Waals surface area contributed by atoms with E-state index in [1.807, 2.05) is 32.0 Å². The molecule has 0 heterocycles. The van der Waals surface area contributed by atoms with Gasteiger partial charge in [0.15, 0.2) is 11.5 Å². The van der Waals surface area contributed by atoms with Crippen molar-refractivity contribution in [2.75, 3.05) is 21.3 Å². The summed E-state index contributed by atoms with van der Waals surface area (Å²) >= 11 is 0. The van der Waals surface area contributed by atoms with Gasteiger partial charge in [-0.2, -0.15) is 0 Å². The number of para-hydroxylation sites is 1. The van der Waals surface area contributed by atoms with E-state index >= 15 is 0 Å². The number of nitrogens with zero attached hydrogens (tertiary/aromatic N) is 1. The molecule has 0 aliphatic carbocycles. The maximum absolute atomic E-state index is 12.3. The monoisotopic (exact) mass is 294 g/mol. The predicted octanol–water partition coefficient (Wildman–Crippen LogP) is 2.04. The number of ether oxygens (including phenoxy) is 2. The number of amides is 1. The van der Waals surface area contributed by atoms with Gasteiger partial charge in [-0.05, 0) is 12.0 Å². The van der Waals surface area contributed by atoms with E-state index in [1.54, 1.807) is 26.2 Å². The van der Waals surface area contributed by atoms with Crippen molar-refractivity contribution in [3.63, 3.8) is 0 Å². The van der Waals surface area contributed by atoms with Gasteiger partial charge in [0, 0.05) is 19.2 Å². The fourth-order valence-electron chi connectivity index (χ4n) is 2.16. The lowest BCUT2D eigenvalue weighted by Crippen LogP contribution is -2.45. The van der Waals surface area contributed by atoms with Crippen molar-refractivity contribution in [3.8, 4) is 11.5 Å². The Morgan fingerprint density at radius 1 is 1.33 bits per heavy atom. The molecule has 2 N–H and O–H groups in total. The van der Waals surface area contributed by atoms with Crippen molar-refractivity contribution in [3.05, 3.63) is 23.8 Å². The zero-order valence-electron chi connectivity index (χ0n) is 13.6. The molecule has 5 heteroatoms. The minimum Gasteiger partial charge on any atom is -0.493 e. The fourth-order valence-corrected chi connectivity index (χ4v) is 2.16. The number of carbonyl (C=O) groups is 1. The lowest BCUT2D eigenvalue weighted by Gasteiger charge is -2.25. The van der Waals surface area contributed by atoms with Crippen LogP contribution in [0.4, 0.5) is 0 Å². The quantitative estimate of drug-likeness (QED) is 0.836. The van der Waals surface area contributed by atoms with Gasteiger partial charge in [-0.15, -0.1) is 0 Å². The Kier molecular flexibility index (Phi) is 6.49. The van der Waals surface area contributed by atoms with Gasteiger partial charge < -0.3 is 20.1 Å². The minimum absolute atomic E-state index is 0.0609. The number of methoxy groups -OCH3 is 2. The number of likely N-dealkylation sites (N-methyl/N-ethyl adjacent to an activating group) is 1. The second-order valence-corrected chi connectivity index (χ2v) is 5.26. The second-order valence-electron chi connectivity index (χ2n) is 5.26. The molecule has 1 rings (SSSR count). The zero-order chi connectivity index (χ0) is 16.0. The van der Waals surface area contributed by atoms with Crippen molar-refractivity contribution < 1.29 is 14.3 Å². The maximum atomic E-state index is 12.3. The van der Waals surface area contributed by atoms with Crippen LogP contribution >= 0.6 is 0 Å². The summed E-state index contributed by atoms with van der Waals surface area (Å²) in [6.45, 7) is 4.45. The molecule has 1 amide bonds. The van der Waals surface area contributed by atoms with E-state index in [2.05, 4.69) is 0 Å². The summed E-state index contributed by atoms with van der Waals surface area (Å²) in [5, 5.41) is 0. The molecule has 0 aliphatic heterocycles. The van der Waals surface area contributed by atoms with Crippen LogP contribution in [-0.4, -0.2) is 38.1 Å². The van der Waals surface area contributed by atoms with Crippen molar-refractivity contribution in [1.29, 1.82) is 0 Å². The van der Waals surface area contributed by atoms with Crippen molar-refractivity contribution in [1.82, 2.24) is 4.90 Å². The number of rotatable bonds is 7. The molecule has 0 radical (unpaired) electrons. The Bertz CT molecular complexity index is 477. The molecule has 5 nitrogen and oxygen atoms in total. The van der Waals surface area contributed by atoms with Crippen LogP contribution in [0.5, 0.6) is 11.5 Å². The van der Waals surface area contributed by atoms with Gasteiger partial charge >= 0.3 is 0 Å². The average molecular weight is 294 g/mol. The van der Waals surface area contributed by atoms with Crippen LogP contribution in [0.25, 0.3) is 0 Å². The topological polar surface area (TPSA) is 64.8 Å². The Morgan fingerprint density at radius 3 is 2.52 bits per heavy atom. The van der Waals surface area contributed by atoms with Crippen molar-refractivity contribution in [2.24, 2.45) is 11.7 Å². The van der Waals surface area contributed by atoms with E-state index in [-0.39, 0.29) is 11.8 Å². The number of nitrogens with two attached hydrogens (primary N) is 1. The van der Waals surface area contributed by atoms with E-state index in [0.29, 0.717) is 18.0 Å². The van der Waals surface area contributed by atoms with Gasteiger partial charge in [0.2, 0.25) is 5.91 Å². The summed E-state index contributed by atoms with van der Waals surface area (Å²) < 4.78 is 10.7. The van der Waals surface area contributed by atoms with Crippen LogP contribution in [0.2, 0.25) is 0 Å². The lowest BCUT2D eigenvalue weighted by atomic mass is 9.99. The van der Waals surface area contributed by atoms with Gasteiger partial charge in [-0.25, -0.2) is 0 Å². The van der Waals surface area contributed by atoms with E-state index in [4.69, 9.17) is 15.2 Å². The van der Waals surface area contributed by atoms with Crippen molar-refractivity contribution in [2.45, 2.75) is 32.9 Å². The van der Waals surface area contributed by atoms with Crippen LogP contribution in [0.1, 0.15) is 25.8 Å². The molecule has 0 fully saturated rings. The largest absolute Gasteiger partial charge is 0.493 e. The van der Waals surface area contributed by atoms with Gasteiger partial charge in [0.25, 0.3) is 0 Å².